The first kappa shape index (κ1) is 18.6. The lowest BCUT2D eigenvalue weighted by Crippen LogP contribution is -2.30. The first-order valence-corrected chi connectivity index (χ1v) is 9.39. The minimum absolute atomic E-state index is 0.206. The minimum Gasteiger partial charge on any atom is -0.490 e. The highest BCUT2D eigenvalue weighted by Gasteiger charge is 2.17. The van der Waals surface area contributed by atoms with E-state index >= 15 is 0 Å². The summed E-state index contributed by atoms with van der Waals surface area (Å²) in [7, 11) is 0. The van der Waals surface area contributed by atoms with Gasteiger partial charge in [0.25, 0.3) is 5.91 Å². The van der Waals surface area contributed by atoms with Gasteiger partial charge in [0.1, 0.15) is 11.5 Å². The maximum atomic E-state index is 12.3. The van der Waals surface area contributed by atoms with Gasteiger partial charge < -0.3 is 14.8 Å². The molecule has 0 saturated heterocycles. The quantitative estimate of drug-likeness (QED) is 0.739. The average molecular weight is 374 g/mol. The number of carbonyl (C=O) groups excluding carboxylic acids is 1. The molecule has 5 heteroatoms. The van der Waals surface area contributed by atoms with Gasteiger partial charge in [-0.1, -0.05) is 11.6 Å². The van der Waals surface area contributed by atoms with Crippen molar-refractivity contribution >= 4 is 23.2 Å². The van der Waals surface area contributed by atoms with Crippen LogP contribution < -0.4 is 14.8 Å². The van der Waals surface area contributed by atoms with Crippen LogP contribution in [0, 0.1) is 6.92 Å². The fourth-order valence-electron chi connectivity index (χ4n) is 3.01. The largest absolute Gasteiger partial charge is 0.490 e. The van der Waals surface area contributed by atoms with Crippen LogP contribution >= 0.6 is 11.6 Å². The molecule has 1 N–H and O–H groups in total. The van der Waals surface area contributed by atoms with Gasteiger partial charge in [-0.25, -0.2) is 0 Å². The number of hydrogen-bond acceptors (Lipinski definition) is 3. The zero-order valence-corrected chi connectivity index (χ0v) is 15.9. The Labute approximate surface area is 159 Å². The molecule has 0 aliphatic heterocycles. The second-order valence-corrected chi connectivity index (χ2v) is 7.12. The summed E-state index contributed by atoms with van der Waals surface area (Å²) in [5.74, 6) is 1.26. The molecule has 1 saturated carbocycles. The predicted molar refractivity (Wildman–Crippen MR) is 104 cm³/mol. The molecule has 138 valence electrons. The summed E-state index contributed by atoms with van der Waals surface area (Å²) in [5, 5.41) is 3.54. The number of carbonyl (C=O) groups is 1. The van der Waals surface area contributed by atoms with Gasteiger partial charge in [0, 0.05) is 10.7 Å². The fourth-order valence-corrected chi connectivity index (χ4v) is 3.13. The molecule has 1 amide bonds. The van der Waals surface area contributed by atoms with Crippen LogP contribution in [0.1, 0.15) is 38.2 Å². The molecule has 0 spiro atoms. The van der Waals surface area contributed by atoms with Crippen molar-refractivity contribution in [3.05, 3.63) is 53.1 Å². The van der Waals surface area contributed by atoms with Crippen molar-refractivity contribution in [2.45, 2.75) is 51.7 Å². The third-order valence-electron chi connectivity index (χ3n) is 4.54. The number of benzene rings is 2. The van der Waals surface area contributed by atoms with Crippen molar-refractivity contribution in [2.24, 2.45) is 0 Å². The maximum Gasteiger partial charge on any atom is 0.265 e. The standard InChI is InChI=1S/C21H24ClNO3/c1-14-13-19(11-12-20(14)22)25-15(2)21(24)23-16-7-9-18(10-8-16)26-17-5-3-4-6-17/h7-13,15,17H,3-6H2,1-2H3,(H,23,24)/t15-/m1/s1. The van der Waals surface area contributed by atoms with Crippen molar-refractivity contribution in [2.75, 3.05) is 5.32 Å². The van der Waals surface area contributed by atoms with E-state index < -0.39 is 6.10 Å². The molecule has 0 radical (unpaired) electrons. The highest BCUT2D eigenvalue weighted by Crippen LogP contribution is 2.25. The molecule has 0 heterocycles. The van der Waals surface area contributed by atoms with E-state index in [9.17, 15) is 4.79 Å². The molecule has 0 unspecified atom stereocenters. The van der Waals surface area contributed by atoms with E-state index in [1.54, 1.807) is 19.1 Å². The Hall–Kier alpha value is -2.20. The normalized spacial score (nSPS) is 15.5. The Morgan fingerprint density at radius 2 is 1.77 bits per heavy atom. The molecule has 1 fully saturated rings. The van der Waals surface area contributed by atoms with Crippen LogP contribution in [0.25, 0.3) is 0 Å². The fraction of sp³-hybridized carbons (Fsp3) is 0.381. The highest BCUT2D eigenvalue weighted by molar-refractivity contribution is 6.31. The van der Waals surface area contributed by atoms with Crippen LogP contribution in [0.3, 0.4) is 0 Å². The number of halogens is 1. The molecule has 0 aromatic heterocycles. The van der Waals surface area contributed by atoms with Gasteiger partial charge in [0.05, 0.1) is 6.10 Å². The van der Waals surface area contributed by atoms with Crippen LogP contribution in [-0.4, -0.2) is 18.1 Å². The Morgan fingerprint density at radius 1 is 1.12 bits per heavy atom. The van der Waals surface area contributed by atoms with Crippen molar-refractivity contribution in [3.63, 3.8) is 0 Å². The maximum absolute atomic E-state index is 12.3. The van der Waals surface area contributed by atoms with Gasteiger partial charge in [-0.3, -0.25) is 4.79 Å². The topological polar surface area (TPSA) is 47.6 Å². The van der Waals surface area contributed by atoms with Crippen LogP contribution in [0.15, 0.2) is 42.5 Å². The summed E-state index contributed by atoms with van der Waals surface area (Å²) in [6, 6.07) is 12.8. The number of hydrogen-bond donors (Lipinski definition) is 1. The summed E-state index contributed by atoms with van der Waals surface area (Å²) < 4.78 is 11.6. The lowest BCUT2D eigenvalue weighted by molar-refractivity contribution is -0.122. The van der Waals surface area contributed by atoms with Gasteiger partial charge in [-0.05, 0) is 87.6 Å². The smallest absolute Gasteiger partial charge is 0.265 e. The number of anilines is 1. The van der Waals surface area contributed by atoms with E-state index in [2.05, 4.69) is 5.32 Å². The second-order valence-electron chi connectivity index (χ2n) is 6.71. The van der Waals surface area contributed by atoms with Crippen molar-refractivity contribution in [1.29, 1.82) is 0 Å². The summed E-state index contributed by atoms with van der Waals surface area (Å²) >= 11 is 6.01. The van der Waals surface area contributed by atoms with Gasteiger partial charge in [0.2, 0.25) is 0 Å². The minimum atomic E-state index is -0.620. The third kappa shape index (κ3) is 4.92. The number of ether oxygens (including phenoxy) is 2. The van der Waals surface area contributed by atoms with Crippen LogP contribution in [-0.2, 0) is 4.79 Å². The number of aryl methyl sites for hydroxylation is 1. The summed E-state index contributed by atoms with van der Waals surface area (Å²) in [5.41, 5.74) is 1.63. The molecule has 2 aromatic rings. The number of nitrogens with one attached hydrogen (secondary N) is 1. The van der Waals surface area contributed by atoms with E-state index in [1.807, 2.05) is 37.3 Å². The zero-order chi connectivity index (χ0) is 18.5. The van der Waals surface area contributed by atoms with E-state index in [1.165, 1.54) is 12.8 Å². The monoisotopic (exact) mass is 373 g/mol. The van der Waals surface area contributed by atoms with Gasteiger partial charge in [0.15, 0.2) is 6.10 Å². The number of amides is 1. The first-order chi connectivity index (χ1) is 12.5. The van der Waals surface area contributed by atoms with E-state index in [0.29, 0.717) is 16.9 Å². The average Bonchev–Trinajstić information content (AvgIpc) is 3.13. The van der Waals surface area contributed by atoms with Crippen molar-refractivity contribution < 1.29 is 14.3 Å². The second kappa shape index (κ2) is 8.45. The molecule has 1 aliphatic rings. The molecular weight excluding hydrogens is 350 g/mol. The van der Waals surface area contributed by atoms with Crippen LogP contribution in [0.4, 0.5) is 5.69 Å². The zero-order valence-electron chi connectivity index (χ0n) is 15.1. The SMILES string of the molecule is Cc1cc(O[C@H](C)C(=O)Nc2ccc(OC3CCCC3)cc2)ccc1Cl. The molecular formula is C21H24ClNO3. The Morgan fingerprint density at radius 3 is 2.42 bits per heavy atom. The Kier molecular flexibility index (Phi) is 6.04. The molecule has 0 bridgehead atoms. The molecule has 3 rings (SSSR count). The summed E-state index contributed by atoms with van der Waals surface area (Å²) in [4.78, 5) is 12.3. The molecule has 4 nitrogen and oxygen atoms in total. The summed E-state index contributed by atoms with van der Waals surface area (Å²) in [6.07, 6.45) is 4.43. The van der Waals surface area contributed by atoms with Crippen molar-refractivity contribution in [3.8, 4) is 11.5 Å². The Balaban J connectivity index is 1.53. The molecule has 26 heavy (non-hydrogen) atoms. The molecule has 1 aliphatic carbocycles. The third-order valence-corrected chi connectivity index (χ3v) is 4.96. The van der Waals surface area contributed by atoms with E-state index in [4.69, 9.17) is 21.1 Å². The summed E-state index contributed by atoms with van der Waals surface area (Å²) in [6.45, 7) is 3.62. The molecule has 2 aromatic carbocycles. The van der Waals surface area contributed by atoms with Crippen LogP contribution in [0.2, 0.25) is 5.02 Å². The van der Waals surface area contributed by atoms with Crippen molar-refractivity contribution in [1.82, 2.24) is 0 Å². The lowest BCUT2D eigenvalue weighted by atomic mass is 10.2. The Bertz CT molecular complexity index is 754. The van der Waals surface area contributed by atoms with Gasteiger partial charge in [-0.15, -0.1) is 0 Å². The predicted octanol–water partition coefficient (Wildman–Crippen LogP) is 5.38. The van der Waals surface area contributed by atoms with E-state index in [-0.39, 0.29) is 5.91 Å². The number of rotatable bonds is 6. The lowest BCUT2D eigenvalue weighted by Gasteiger charge is -2.16. The van der Waals surface area contributed by atoms with Gasteiger partial charge in [-0.2, -0.15) is 0 Å². The van der Waals surface area contributed by atoms with E-state index in [0.717, 1.165) is 29.8 Å². The highest BCUT2D eigenvalue weighted by atomic mass is 35.5. The first-order valence-electron chi connectivity index (χ1n) is 9.01. The molecule has 1 atom stereocenters. The van der Waals surface area contributed by atoms with Crippen LogP contribution in [0.5, 0.6) is 11.5 Å². The van der Waals surface area contributed by atoms with Gasteiger partial charge >= 0.3 is 0 Å².